The van der Waals surface area contributed by atoms with Gasteiger partial charge < -0.3 is 14.2 Å². The molecular weight excluding hydrogens is 210 g/mol. The lowest BCUT2D eigenvalue weighted by atomic mass is 10.2. The van der Waals surface area contributed by atoms with Crippen LogP contribution in [0.5, 0.6) is 0 Å². The van der Waals surface area contributed by atoms with Crippen molar-refractivity contribution in [2.24, 2.45) is 0 Å². The summed E-state index contributed by atoms with van der Waals surface area (Å²) >= 11 is 1.85. The molecule has 3 nitrogen and oxygen atoms in total. The maximum Gasteiger partial charge on any atom is 0.115 e. The Balaban J connectivity index is 1.71. The Morgan fingerprint density at radius 3 is 3.33 bits per heavy atom. The maximum atomic E-state index is 5.34. The predicted molar refractivity (Wildman–Crippen MR) is 59.3 cm³/mol. The van der Waals surface area contributed by atoms with Crippen molar-refractivity contribution in [2.45, 2.75) is 16.6 Å². The standard InChI is InChI=1S/C11H11NO2S/c1-2-8(14-3-1)4-9-5-12-10-6-13-7-11(10)15-9/h1-3,6-7,9,12H,4-5H2. The van der Waals surface area contributed by atoms with Crippen LogP contribution in [-0.2, 0) is 6.42 Å². The maximum absolute atomic E-state index is 5.34. The first-order chi connectivity index (χ1) is 7.42. The molecule has 0 radical (unpaired) electrons. The number of hydrogen-bond donors (Lipinski definition) is 1. The topological polar surface area (TPSA) is 38.3 Å². The summed E-state index contributed by atoms with van der Waals surface area (Å²) in [6.45, 7) is 0.956. The fraction of sp³-hybridized carbons (Fsp3) is 0.273. The van der Waals surface area contributed by atoms with Crippen LogP contribution in [0.2, 0.25) is 0 Å². The number of fused-ring (bicyclic) bond motifs is 1. The molecule has 1 unspecified atom stereocenters. The summed E-state index contributed by atoms with van der Waals surface area (Å²) in [6, 6.07) is 3.95. The van der Waals surface area contributed by atoms with Crippen LogP contribution in [0.4, 0.5) is 5.69 Å². The van der Waals surface area contributed by atoms with Gasteiger partial charge >= 0.3 is 0 Å². The Kier molecular flexibility index (Phi) is 2.21. The van der Waals surface area contributed by atoms with Gasteiger partial charge in [-0.05, 0) is 12.1 Å². The van der Waals surface area contributed by atoms with Gasteiger partial charge in [-0.15, -0.1) is 11.8 Å². The first-order valence-electron chi connectivity index (χ1n) is 4.91. The molecule has 3 rings (SSSR count). The van der Waals surface area contributed by atoms with Gasteiger partial charge in [0, 0.05) is 18.2 Å². The van der Waals surface area contributed by atoms with E-state index in [4.69, 9.17) is 8.83 Å². The van der Waals surface area contributed by atoms with Crippen molar-refractivity contribution in [3.8, 4) is 0 Å². The van der Waals surface area contributed by atoms with Gasteiger partial charge in [-0.25, -0.2) is 0 Å². The smallest absolute Gasteiger partial charge is 0.115 e. The second kappa shape index (κ2) is 3.70. The molecule has 0 aromatic carbocycles. The molecule has 0 fully saturated rings. The highest BCUT2D eigenvalue weighted by Crippen LogP contribution is 2.36. The Morgan fingerprint density at radius 2 is 2.47 bits per heavy atom. The summed E-state index contributed by atoms with van der Waals surface area (Å²) in [5, 5.41) is 3.86. The first-order valence-corrected chi connectivity index (χ1v) is 5.79. The van der Waals surface area contributed by atoms with E-state index in [1.54, 1.807) is 18.8 Å². The highest BCUT2D eigenvalue weighted by Gasteiger charge is 2.21. The molecule has 1 aliphatic heterocycles. The van der Waals surface area contributed by atoms with Crippen molar-refractivity contribution in [3.05, 3.63) is 36.7 Å². The van der Waals surface area contributed by atoms with E-state index in [1.807, 2.05) is 23.9 Å². The molecule has 3 heterocycles. The van der Waals surface area contributed by atoms with E-state index in [2.05, 4.69) is 5.32 Å². The molecule has 15 heavy (non-hydrogen) atoms. The fourth-order valence-corrected chi connectivity index (χ4v) is 2.85. The molecular formula is C11H11NO2S. The molecule has 4 heteroatoms. The van der Waals surface area contributed by atoms with E-state index >= 15 is 0 Å². The number of hydrogen-bond acceptors (Lipinski definition) is 4. The van der Waals surface area contributed by atoms with Crippen molar-refractivity contribution >= 4 is 17.4 Å². The Hall–Kier alpha value is -1.29. The average molecular weight is 221 g/mol. The number of rotatable bonds is 2. The minimum Gasteiger partial charge on any atom is -0.469 e. The second-order valence-corrected chi connectivity index (χ2v) is 4.90. The molecule has 0 saturated carbocycles. The van der Waals surface area contributed by atoms with E-state index < -0.39 is 0 Å². The van der Waals surface area contributed by atoms with Crippen molar-refractivity contribution < 1.29 is 8.83 Å². The number of anilines is 1. The van der Waals surface area contributed by atoms with Crippen LogP contribution in [-0.4, -0.2) is 11.8 Å². The summed E-state index contributed by atoms with van der Waals surface area (Å²) < 4.78 is 10.5. The third kappa shape index (κ3) is 1.77. The summed E-state index contributed by atoms with van der Waals surface area (Å²) in [6.07, 6.45) is 6.22. The lowest BCUT2D eigenvalue weighted by molar-refractivity contribution is 0.506. The van der Waals surface area contributed by atoms with Gasteiger partial charge in [0.1, 0.15) is 18.3 Å². The van der Waals surface area contributed by atoms with Gasteiger partial charge in [0.05, 0.1) is 16.8 Å². The second-order valence-electron chi connectivity index (χ2n) is 3.55. The molecule has 1 atom stereocenters. The highest BCUT2D eigenvalue weighted by atomic mass is 32.2. The zero-order valence-electron chi connectivity index (χ0n) is 8.10. The number of furan rings is 2. The van der Waals surface area contributed by atoms with Gasteiger partial charge in [0.15, 0.2) is 0 Å². The largest absolute Gasteiger partial charge is 0.469 e. The molecule has 1 N–H and O–H groups in total. The van der Waals surface area contributed by atoms with Crippen LogP contribution >= 0.6 is 11.8 Å². The third-order valence-electron chi connectivity index (χ3n) is 2.45. The molecule has 2 aromatic rings. The van der Waals surface area contributed by atoms with Crippen molar-refractivity contribution in [1.29, 1.82) is 0 Å². The molecule has 0 amide bonds. The van der Waals surface area contributed by atoms with Gasteiger partial charge in [0.25, 0.3) is 0 Å². The SMILES string of the molecule is c1coc(CC2CNc3cocc3S2)c1. The van der Waals surface area contributed by atoms with Crippen molar-refractivity contribution in [2.75, 3.05) is 11.9 Å². The Bertz CT molecular complexity index is 435. The van der Waals surface area contributed by atoms with Gasteiger partial charge in [-0.3, -0.25) is 0 Å². The average Bonchev–Trinajstić information content (AvgIpc) is 2.87. The fourth-order valence-electron chi connectivity index (χ4n) is 1.72. The van der Waals surface area contributed by atoms with Crippen molar-refractivity contribution in [3.63, 3.8) is 0 Å². The number of nitrogens with one attached hydrogen (secondary N) is 1. The lowest BCUT2D eigenvalue weighted by Gasteiger charge is -2.21. The Morgan fingerprint density at radius 1 is 1.47 bits per heavy atom. The van der Waals surface area contributed by atoms with Crippen molar-refractivity contribution in [1.82, 2.24) is 0 Å². The summed E-state index contributed by atoms with van der Waals surface area (Å²) in [5.74, 6) is 1.04. The van der Waals surface area contributed by atoms with E-state index in [1.165, 1.54) is 4.90 Å². The molecule has 0 aliphatic carbocycles. The zero-order chi connectivity index (χ0) is 10.1. The summed E-state index contributed by atoms with van der Waals surface area (Å²) in [7, 11) is 0. The van der Waals surface area contributed by atoms with Crippen LogP contribution in [0.3, 0.4) is 0 Å². The number of thioether (sulfide) groups is 1. The van der Waals surface area contributed by atoms with Crippen LogP contribution < -0.4 is 5.32 Å². The molecule has 1 aliphatic rings. The minimum atomic E-state index is 0.515. The summed E-state index contributed by atoms with van der Waals surface area (Å²) in [5.41, 5.74) is 1.11. The summed E-state index contributed by atoms with van der Waals surface area (Å²) in [4.78, 5) is 1.19. The van der Waals surface area contributed by atoms with Crippen LogP contribution in [0.15, 0.2) is 44.7 Å². The molecule has 78 valence electrons. The molecule has 0 bridgehead atoms. The lowest BCUT2D eigenvalue weighted by Crippen LogP contribution is -2.22. The Labute approximate surface area is 91.8 Å². The van der Waals surface area contributed by atoms with E-state index in [9.17, 15) is 0 Å². The molecule has 2 aromatic heterocycles. The zero-order valence-corrected chi connectivity index (χ0v) is 8.92. The minimum absolute atomic E-state index is 0.515. The quantitative estimate of drug-likeness (QED) is 0.846. The predicted octanol–water partition coefficient (Wildman–Crippen LogP) is 3.00. The third-order valence-corrected chi connectivity index (χ3v) is 3.69. The monoisotopic (exact) mass is 221 g/mol. The van der Waals surface area contributed by atoms with E-state index in [-0.39, 0.29) is 0 Å². The van der Waals surface area contributed by atoms with Crippen LogP contribution in [0, 0.1) is 0 Å². The van der Waals surface area contributed by atoms with Gasteiger partial charge in [-0.1, -0.05) is 0 Å². The molecule has 0 saturated heterocycles. The van der Waals surface area contributed by atoms with E-state index in [0.29, 0.717) is 5.25 Å². The molecule has 0 spiro atoms. The first kappa shape index (κ1) is 8.97. The van der Waals surface area contributed by atoms with Crippen LogP contribution in [0.1, 0.15) is 5.76 Å². The van der Waals surface area contributed by atoms with Gasteiger partial charge in [0.2, 0.25) is 0 Å². The highest BCUT2D eigenvalue weighted by molar-refractivity contribution is 8.00. The van der Waals surface area contributed by atoms with Crippen LogP contribution in [0.25, 0.3) is 0 Å². The van der Waals surface area contributed by atoms with E-state index in [0.717, 1.165) is 24.4 Å². The van der Waals surface area contributed by atoms with Gasteiger partial charge in [-0.2, -0.15) is 0 Å². The normalized spacial score (nSPS) is 19.6.